The molecule has 0 saturated carbocycles. The van der Waals surface area contributed by atoms with E-state index in [1.165, 1.54) is 12.2 Å². The van der Waals surface area contributed by atoms with Gasteiger partial charge in [-0.05, 0) is 11.6 Å². The fraction of sp³-hybridized carbons (Fsp3) is 0.125. The highest BCUT2D eigenvalue weighted by molar-refractivity contribution is 5.81. The van der Waals surface area contributed by atoms with Crippen LogP contribution in [0.5, 0.6) is 0 Å². The first-order valence-electron chi connectivity index (χ1n) is 3.23. The first-order chi connectivity index (χ1) is 5.61. The Balaban J connectivity index is 2.90. The molecular weight excluding hydrogens is 166 g/mol. The predicted molar refractivity (Wildman–Crippen MR) is 38.9 cm³/mol. The number of alkyl halides is 1. The second kappa shape index (κ2) is 3.30. The molecule has 0 aromatic rings. The third kappa shape index (κ3) is 1.78. The number of halogens is 2. The minimum absolute atomic E-state index is 0.178. The Kier molecular flexibility index (Phi) is 2.38. The molecule has 1 N–H and O–H groups in total. The van der Waals surface area contributed by atoms with E-state index >= 15 is 0 Å². The molecule has 0 fully saturated rings. The molecule has 12 heavy (non-hydrogen) atoms. The van der Waals surface area contributed by atoms with Crippen LogP contribution in [0.25, 0.3) is 0 Å². The van der Waals surface area contributed by atoms with Crippen molar-refractivity contribution in [3.05, 3.63) is 35.7 Å². The second-order valence-electron chi connectivity index (χ2n) is 2.26. The number of carboxylic acids is 1. The van der Waals surface area contributed by atoms with E-state index < -0.39 is 18.0 Å². The SMILES string of the molecule is O=C(O)/C=C1\C=CC=C(F)C1F. The lowest BCUT2D eigenvalue weighted by Gasteiger charge is -2.09. The van der Waals surface area contributed by atoms with Crippen molar-refractivity contribution >= 4 is 5.97 Å². The zero-order valence-corrected chi connectivity index (χ0v) is 6.00. The van der Waals surface area contributed by atoms with E-state index in [0.717, 1.165) is 6.08 Å². The van der Waals surface area contributed by atoms with Gasteiger partial charge in [0, 0.05) is 6.08 Å². The van der Waals surface area contributed by atoms with Gasteiger partial charge in [0.15, 0.2) is 6.17 Å². The summed E-state index contributed by atoms with van der Waals surface area (Å²) >= 11 is 0. The highest BCUT2D eigenvalue weighted by Crippen LogP contribution is 2.22. The quantitative estimate of drug-likeness (QED) is 0.612. The summed E-state index contributed by atoms with van der Waals surface area (Å²) in [6.07, 6.45) is 2.16. The maximum Gasteiger partial charge on any atom is 0.328 e. The summed E-state index contributed by atoms with van der Waals surface area (Å²) in [5.41, 5.74) is -0.178. The molecular formula is C8H6F2O2. The van der Waals surface area contributed by atoms with Gasteiger partial charge in [-0.2, -0.15) is 0 Å². The van der Waals surface area contributed by atoms with Gasteiger partial charge in [0.1, 0.15) is 5.83 Å². The van der Waals surface area contributed by atoms with E-state index in [9.17, 15) is 13.6 Å². The molecule has 64 valence electrons. The van der Waals surface area contributed by atoms with Crippen LogP contribution < -0.4 is 0 Å². The monoisotopic (exact) mass is 172 g/mol. The largest absolute Gasteiger partial charge is 0.478 e. The number of carbonyl (C=O) groups is 1. The van der Waals surface area contributed by atoms with Crippen LogP contribution in [0.15, 0.2) is 35.7 Å². The highest BCUT2D eigenvalue weighted by Gasteiger charge is 2.19. The lowest BCUT2D eigenvalue weighted by Crippen LogP contribution is -2.08. The summed E-state index contributed by atoms with van der Waals surface area (Å²) in [7, 11) is 0. The zero-order valence-electron chi connectivity index (χ0n) is 6.00. The highest BCUT2D eigenvalue weighted by atomic mass is 19.2. The van der Waals surface area contributed by atoms with Crippen molar-refractivity contribution in [3.63, 3.8) is 0 Å². The minimum Gasteiger partial charge on any atom is -0.478 e. The molecule has 0 radical (unpaired) electrons. The molecule has 1 unspecified atom stereocenters. The van der Waals surface area contributed by atoms with Gasteiger partial charge in [0.2, 0.25) is 0 Å². The maximum atomic E-state index is 12.8. The van der Waals surface area contributed by atoms with Gasteiger partial charge >= 0.3 is 5.97 Å². The zero-order chi connectivity index (χ0) is 9.14. The third-order valence-corrected chi connectivity index (χ3v) is 1.37. The first-order valence-corrected chi connectivity index (χ1v) is 3.23. The Hall–Kier alpha value is -1.45. The van der Waals surface area contributed by atoms with E-state index in [4.69, 9.17) is 5.11 Å². The van der Waals surface area contributed by atoms with E-state index in [-0.39, 0.29) is 5.57 Å². The lowest BCUT2D eigenvalue weighted by molar-refractivity contribution is -0.131. The summed E-state index contributed by atoms with van der Waals surface area (Å²) in [5.74, 6) is -2.25. The van der Waals surface area contributed by atoms with Gasteiger partial charge in [-0.25, -0.2) is 13.6 Å². The Bertz CT molecular complexity index is 289. The van der Waals surface area contributed by atoms with Gasteiger partial charge in [0.05, 0.1) is 0 Å². The van der Waals surface area contributed by atoms with Crippen molar-refractivity contribution in [2.24, 2.45) is 0 Å². The van der Waals surface area contributed by atoms with Crippen molar-refractivity contribution in [3.8, 4) is 0 Å². The van der Waals surface area contributed by atoms with Crippen LogP contribution in [0.3, 0.4) is 0 Å². The van der Waals surface area contributed by atoms with E-state index in [2.05, 4.69) is 0 Å². The van der Waals surface area contributed by atoms with Crippen LogP contribution in [0, 0.1) is 0 Å². The Morgan fingerprint density at radius 2 is 2.33 bits per heavy atom. The van der Waals surface area contributed by atoms with E-state index in [1.54, 1.807) is 0 Å². The topological polar surface area (TPSA) is 37.3 Å². The van der Waals surface area contributed by atoms with Crippen molar-refractivity contribution in [1.82, 2.24) is 0 Å². The van der Waals surface area contributed by atoms with Gasteiger partial charge in [-0.3, -0.25) is 0 Å². The van der Waals surface area contributed by atoms with Gasteiger partial charge < -0.3 is 5.11 Å². The molecule has 0 heterocycles. The van der Waals surface area contributed by atoms with E-state index in [0.29, 0.717) is 6.08 Å². The number of aliphatic carboxylic acids is 1. The number of hydrogen-bond acceptors (Lipinski definition) is 1. The van der Waals surface area contributed by atoms with E-state index in [1.807, 2.05) is 0 Å². The summed E-state index contributed by atoms with van der Waals surface area (Å²) in [4.78, 5) is 10.1. The number of allylic oxidation sites excluding steroid dienone is 5. The van der Waals surface area contributed by atoms with Crippen molar-refractivity contribution in [2.75, 3.05) is 0 Å². The van der Waals surface area contributed by atoms with Crippen LogP contribution in [0.1, 0.15) is 0 Å². The molecule has 2 nitrogen and oxygen atoms in total. The third-order valence-electron chi connectivity index (χ3n) is 1.37. The smallest absolute Gasteiger partial charge is 0.328 e. The van der Waals surface area contributed by atoms with Crippen LogP contribution in [0.4, 0.5) is 8.78 Å². The summed E-state index contributed by atoms with van der Waals surface area (Å²) in [5, 5.41) is 8.25. The van der Waals surface area contributed by atoms with Gasteiger partial charge in [0.25, 0.3) is 0 Å². The van der Waals surface area contributed by atoms with Crippen LogP contribution >= 0.6 is 0 Å². The van der Waals surface area contributed by atoms with Crippen molar-refractivity contribution in [2.45, 2.75) is 6.17 Å². The van der Waals surface area contributed by atoms with Crippen LogP contribution in [-0.4, -0.2) is 17.2 Å². The number of rotatable bonds is 1. The fourth-order valence-electron chi connectivity index (χ4n) is 0.843. The minimum atomic E-state index is -1.94. The number of hydrogen-bond donors (Lipinski definition) is 1. The Morgan fingerprint density at radius 3 is 2.92 bits per heavy atom. The predicted octanol–water partition coefficient (Wildman–Crippen LogP) is 1.76. The molecule has 1 aliphatic carbocycles. The van der Waals surface area contributed by atoms with Crippen molar-refractivity contribution < 1.29 is 18.7 Å². The summed E-state index contributed by atoms with van der Waals surface area (Å²) in [6, 6.07) is 0. The summed E-state index contributed by atoms with van der Waals surface area (Å²) in [6.45, 7) is 0. The fourth-order valence-corrected chi connectivity index (χ4v) is 0.843. The second-order valence-corrected chi connectivity index (χ2v) is 2.26. The van der Waals surface area contributed by atoms with Gasteiger partial charge in [-0.1, -0.05) is 12.2 Å². The molecule has 1 atom stereocenters. The average molecular weight is 172 g/mol. The van der Waals surface area contributed by atoms with Crippen LogP contribution in [0.2, 0.25) is 0 Å². The molecule has 0 amide bonds. The molecule has 1 aliphatic rings. The first kappa shape index (κ1) is 8.64. The molecule has 0 aliphatic heterocycles. The number of carboxylic acid groups (broad SMARTS) is 1. The molecule has 0 aromatic carbocycles. The molecule has 0 saturated heterocycles. The molecule has 1 rings (SSSR count). The maximum absolute atomic E-state index is 12.8. The molecule has 0 aromatic heterocycles. The Labute approximate surface area is 67.5 Å². The Morgan fingerprint density at radius 1 is 1.67 bits per heavy atom. The summed E-state index contributed by atoms with van der Waals surface area (Å²) < 4.78 is 25.3. The standard InChI is InChI=1S/C8H6F2O2/c9-6-3-1-2-5(8(6)10)4-7(11)12/h1-4,8H,(H,11,12)/b5-4+. The van der Waals surface area contributed by atoms with Gasteiger partial charge in [-0.15, -0.1) is 0 Å². The molecule has 0 bridgehead atoms. The average Bonchev–Trinajstić information content (AvgIpc) is 1.98. The molecule has 0 spiro atoms. The van der Waals surface area contributed by atoms with Crippen molar-refractivity contribution in [1.29, 1.82) is 0 Å². The molecule has 4 heteroatoms. The van der Waals surface area contributed by atoms with Crippen LogP contribution in [-0.2, 0) is 4.79 Å². The normalized spacial score (nSPS) is 25.7. The lowest BCUT2D eigenvalue weighted by atomic mass is 10.0.